The molecular weight excluding hydrogens is 324 g/mol. The zero-order chi connectivity index (χ0) is 17.9. The number of carbonyl (C=O) groups excluding carboxylic acids is 2. The van der Waals surface area contributed by atoms with Crippen LogP contribution in [-0.2, 0) is 21.7 Å². The van der Waals surface area contributed by atoms with Crippen LogP contribution < -0.4 is 5.32 Å². The fraction of sp³-hybridized carbons (Fsp3) is 0.333. The molecule has 0 saturated carbocycles. The van der Waals surface area contributed by atoms with Gasteiger partial charge >= 0.3 is 6.03 Å². The molecule has 0 bridgehead atoms. The van der Waals surface area contributed by atoms with Gasteiger partial charge in [0.25, 0.3) is 5.91 Å². The number of aliphatic hydroxyl groups excluding tert-OH is 1. The third kappa shape index (κ3) is 3.57. The van der Waals surface area contributed by atoms with Gasteiger partial charge in [0.05, 0.1) is 25.5 Å². The smallest absolute Gasteiger partial charge is 0.325 e. The summed E-state index contributed by atoms with van der Waals surface area (Å²) >= 11 is 0. The lowest BCUT2D eigenvalue weighted by molar-refractivity contribution is -0.132. The van der Waals surface area contributed by atoms with Crippen LogP contribution in [-0.4, -0.2) is 41.2 Å². The molecule has 2 aromatic rings. The number of amides is 3. The first kappa shape index (κ1) is 17.2. The maximum atomic E-state index is 12.7. The first-order valence-electron chi connectivity index (χ1n) is 7.98. The van der Waals surface area contributed by atoms with Crippen molar-refractivity contribution < 1.29 is 23.8 Å². The zero-order valence-electron chi connectivity index (χ0n) is 13.8. The number of rotatable bonds is 7. The number of furan rings is 1. The minimum absolute atomic E-state index is 0.0141. The van der Waals surface area contributed by atoms with Gasteiger partial charge in [0.15, 0.2) is 0 Å². The van der Waals surface area contributed by atoms with Gasteiger partial charge in [-0.1, -0.05) is 30.3 Å². The van der Waals surface area contributed by atoms with Crippen LogP contribution in [0.5, 0.6) is 0 Å². The summed E-state index contributed by atoms with van der Waals surface area (Å²) < 4.78 is 10.5. The molecule has 0 spiro atoms. The van der Waals surface area contributed by atoms with E-state index < -0.39 is 23.6 Å². The van der Waals surface area contributed by atoms with E-state index in [9.17, 15) is 14.7 Å². The maximum absolute atomic E-state index is 12.7. The van der Waals surface area contributed by atoms with E-state index in [0.29, 0.717) is 11.3 Å². The highest BCUT2D eigenvalue weighted by Gasteiger charge is 2.49. The Morgan fingerprint density at radius 2 is 2.00 bits per heavy atom. The number of imide groups is 1. The highest BCUT2D eigenvalue weighted by Crippen LogP contribution is 2.28. The molecule has 0 unspecified atom stereocenters. The van der Waals surface area contributed by atoms with Gasteiger partial charge in [-0.3, -0.25) is 9.69 Å². The average Bonchev–Trinajstić information content (AvgIpc) is 3.19. The van der Waals surface area contributed by atoms with Gasteiger partial charge < -0.3 is 19.6 Å². The third-order valence-corrected chi connectivity index (χ3v) is 4.15. The van der Waals surface area contributed by atoms with E-state index in [1.807, 2.05) is 6.07 Å². The Kier molecular flexibility index (Phi) is 4.87. The van der Waals surface area contributed by atoms with Crippen LogP contribution in [0.2, 0.25) is 0 Å². The predicted molar refractivity (Wildman–Crippen MR) is 88.4 cm³/mol. The molecule has 7 heteroatoms. The summed E-state index contributed by atoms with van der Waals surface area (Å²) in [6.07, 6.45) is 0.551. The second-order valence-corrected chi connectivity index (χ2v) is 6.09. The number of nitrogens with zero attached hydrogens (tertiary/aromatic N) is 1. The minimum Gasteiger partial charge on any atom is -0.467 e. The van der Waals surface area contributed by atoms with Crippen LogP contribution in [0.3, 0.4) is 0 Å². The monoisotopic (exact) mass is 344 g/mol. The number of aliphatic hydroxyl groups is 1. The molecule has 1 aliphatic heterocycles. The predicted octanol–water partition coefficient (Wildman–Crippen LogP) is 1.62. The van der Waals surface area contributed by atoms with Crippen LogP contribution >= 0.6 is 0 Å². The summed E-state index contributed by atoms with van der Waals surface area (Å²) in [4.78, 5) is 25.9. The van der Waals surface area contributed by atoms with E-state index in [0.717, 1.165) is 4.90 Å². The molecule has 3 rings (SSSR count). The van der Waals surface area contributed by atoms with E-state index in [1.54, 1.807) is 43.3 Å². The number of hydrogen-bond acceptors (Lipinski definition) is 5. The summed E-state index contributed by atoms with van der Waals surface area (Å²) in [5, 5.41) is 12.8. The van der Waals surface area contributed by atoms with E-state index in [4.69, 9.17) is 9.15 Å². The Morgan fingerprint density at radius 1 is 1.24 bits per heavy atom. The van der Waals surface area contributed by atoms with E-state index in [1.165, 1.54) is 6.26 Å². The third-order valence-electron chi connectivity index (χ3n) is 4.15. The Bertz CT molecular complexity index is 731. The second-order valence-electron chi connectivity index (χ2n) is 6.09. The highest BCUT2D eigenvalue weighted by atomic mass is 16.5. The van der Waals surface area contributed by atoms with E-state index >= 15 is 0 Å². The second kappa shape index (κ2) is 7.08. The number of carbonyl (C=O) groups is 2. The lowest BCUT2D eigenvalue weighted by Crippen LogP contribution is -2.42. The molecule has 0 radical (unpaired) electrons. The number of hydrogen-bond donors (Lipinski definition) is 2. The molecule has 1 aromatic heterocycles. The molecule has 25 heavy (non-hydrogen) atoms. The fourth-order valence-electron chi connectivity index (χ4n) is 2.78. The molecule has 7 nitrogen and oxygen atoms in total. The van der Waals surface area contributed by atoms with E-state index in [-0.39, 0.29) is 19.8 Å². The lowest BCUT2D eigenvalue weighted by Gasteiger charge is -2.23. The van der Waals surface area contributed by atoms with Crippen molar-refractivity contribution in [2.45, 2.75) is 25.2 Å². The molecule has 1 aromatic carbocycles. The van der Waals surface area contributed by atoms with Crippen molar-refractivity contribution >= 4 is 11.9 Å². The number of nitrogens with one attached hydrogen (secondary N) is 1. The van der Waals surface area contributed by atoms with Gasteiger partial charge in [0, 0.05) is 0 Å². The SMILES string of the molecule is C[C@@]1(c2ccccc2)NC(=O)N(C[C@@H](O)COCc2ccco2)C1=O. The number of benzene rings is 1. The number of ether oxygens (including phenoxy) is 1. The molecule has 2 heterocycles. The zero-order valence-corrected chi connectivity index (χ0v) is 13.8. The first-order chi connectivity index (χ1) is 12.0. The van der Waals surface area contributed by atoms with Gasteiger partial charge in [-0.2, -0.15) is 0 Å². The summed E-state index contributed by atoms with van der Waals surface area (Å²) in [7, 11) is 0. The number of urea groups is 1. The van der Waals surface area contributed by atoms with E-state index in [2.05, 4.69) is 5.32 Å². The van der Waals surface area contributed by atoms with Crippen molar-refractivity contribution in [1.82, 2.24) is 10.2 Å². The minimum atomic E-state index is -1.13. The van der Waals surface area contributed by atoms with Crippen LogP contribution in [0.25, 0.3) is 0 Å². The van der Waals surface area contributed by atoms with Gasteiger partial charge in [0.1, 0.15) is 17.9 Å². The fourth-order valence-corrected chi connectivity index (χ4v) is 2.78. The van der Waals surface area contributed by atoms with Gasteiger partial charge in [-0.05, 0) is 24.6 Å². The largest absolute Gasteiger partial charge is 0.467 e. The first-order valence-corrected chi connectivity index (χ1v) is 7.98. The number of β-amino-alcohol motifs (C(OH)–C–C–N with tert-alkyl or cyclic N) is 1. The van der Waals surface area contributed by atoms with Gasteiger partial charge in [-0.15, -0.1) is 0 Å². The molecular formula is C18H20N2O5. The lowest BCUT2D eigenvalue weighted by atomic mass is 9.92. The summed E-state index contributed by atoms with van der Waals surface area (Å²) in [5.74, 6) is 0.243. The van der Waals surface area contributed by atoms with Crippen molar-refractivity contribution in [3.8, 4) is 0 Å². The molecule has 0 aliphatic carbocycles. The van der Waals surface area contributed by atoms with Crippen LogP contribution in [0.4, 0.5) is 4.79 Å². The maximum Gasteiger partial charge on any atom is 0.325 e. The van der Waals surface area contributed by atoms with Crippen molar-refractivity contribution in [2.24, 2.45) is 0 Å². The Hall–Kier alpha value is -2.64. The van der Waals surface area contributed by atoms with Crippen LogP contribution in [0.1, 0.15) is 18.2 Å². The molecule has 132 valence electrons. The van der Waals surface area contributed by atoms with Crippen molar-refractivity contribution in [3.05, 3.63) is 60.1 Å². The molecule has 1 fully saturated rings. The van der Waals surface area contributed by atoms with Crippen molar-refractivity contribution in [1.29, 1.82) is 0 Å². The van der Waals surface area contributed by atoms with Crippen LogP contribution in [0.15, 0.2) is 53.1 Å². The molecule has 1 aliphatic rings. The Morgan fingerprint density at radius 3 is 2.68 bits per heavy atom. The quantitative estimate of drug-likeness (QED) is 0.745. The Labute approximate surface area is 145 Å². The topological polar surface area (TPSA) is 92.0 Å². The molecule has 3 amide bonds. The highest BCUT2D eigenvalue weighted by molar-refractivity contribution is 6.07. The summed E-state index contributed by atoms with van der Waals surface area (Å²) in [6, 6.07) is 12.0. The Balaban J connectivity index is 1.59. The molecule has 2 atom stereocenters. The van der Waals surface area contributed by atoms with Crippen molar-refractivity contribution in [3.63, 3.8) is 0 Å². The standard InChI is InChI=1S/C18H20N2O5/c1-18(13-6-3-2-4-7-13)16(22)20(17(23)19-18)10-14(21)11-24-12-15-8-5-9-25-15/h2-9,14,21H,10-12H2,1H3,(H,19,23)/t14-,18+/m1/s1. The van der Waals surface area contributed by atoms with Crippen LogP contribution in [0, 0.1) is 0 Å². The molecule has 2 N–H and O–H groups in total. The van der Waals surface area contributed by atoms with Crippen molar-refractivity contribution in [2.75, 3.05) is 13.2 Å². The average molecular weight is 344 g/mol. The normalized spacial score (nSPS) is 21.4. The van der Waals surface area contributed by atoms with Gasteiger partial charge in [-0.25, -0.2) is 4.79 Å². The summed E-state index contributed by atoms with van der Waals surface area (Å²) in [6.45, 7) is 1.72. The summed E-state index contributed by atoms with van der Waals surface area (Å²) in [5.41, 5.74) is -0.438. The van der Waals surface area contributed by atoms with Gasteiger partial charge in [0.2, 0.25) is 0 Å². The molecule has 1 saturated heterocycles.